The van der Waals surface area contributed by atoms with E-state index in [9.17, 15) is 9.59 Å². The fraction of sp³-hybridized carbons (Fsp3) is 0.882. The third-order valence-corrected chi connectivity index (χ3v) is 11.2. The van der Waals surface area contributed by atoms with E-state index in [0.717, 1.165) is 12.8 Å². The van der Waals surface area contributed by atoms with Crippen LogP contribution in [0, 0.1) is 17.3 Å². The highest BCUT2D eigenvalue weighted by molar-refractivity contribution is 6.74. The first-order valence-corrected chi connectivity index (χ1v) is 11.2. The topological polar surface area (TPSA) is 43.4 Å². The summed E-state index contributed by atoms with van der Waals surface area (Å²) >= 11 is 0. The Morgan fingerprint density at radius 1 is 1.19 bits per heavy atom. The molecule has 0 saturated heterocycles. The summed E-state index contributed by atoms with van der Waals surface area (Å²) in [5, 5.41) is 0.161. The molecule has 1 unspecified atom stereocenters. The van der Waals surface area contributed by atoms with E-state index in [1.807, 2.05) is 0 Å². The first-order chi connectivity index (χ1) is 9.56. The molecule has 3 fully saturated rings. The minimum atomic E-state index is -1.86. The second kappa shape index (κ2) is 4.51. The van der Waals surface area contributed by atoms with Crippen LogP contribution in [0.4, 0.5) is 0 Å². The van der Waals surface area contributed by atoms with E-state index in [1.54, 1.807) is 0 Å². The molecule has 3 nitrogen and oxygen atoms in total. The maximum atomic E-state index is 12.5. The van der Waals surface area contributed by atoms with Crippen LogP contribution in [0.3, 0.4) is 0 Å². The van der Waals surface area contributed by atoms with Crippen LogP contribution in [-0.2, 0) is 14.0 Å². The molecule has 0 aromatic rings. The van der Waals surface area contributed by atoms with Crippen molar-refractivity contribution in [1.82, 2.24) is 0 Å². The van der Waals surface area contributed by atoms with Crippen molar-refractivity contribution in [3.05, 3.63) is 0 Å². The highest BCUT2D eigenvalue weighted by Gasteiger charge is 2.63. The van der Waals surface area contributed by atoms with Crippen molar-refractivity contribution in [1.29, 1.82) is 0 Å². The average Bonchev–Trinajstić information content (AvgIpc) is 2.69. The van der Waals surface area contributed by atoms with Crippen LogP contribution in [0.5, 0.6) is 0 Å². The van der Waals surface area contributed by atoms with Crippen LogP contribution in [0.2, 0.25) is 18.1 Å². The van der Waals surface area contributed by atoms with Gasteiger partial charge in [0.25, 0.3) is 0 Å². The van der Waals surface area contributed by atoms with Crippen LogP contribution in [-0.4, -0.2) is 26.0 Å². The minimum Gasteiger partial charge on any atom is -0.413 e. The number of hydrogen-bond acceptors (Lipinski definition) is 3. The Balaban J connectivity index is 1.84. The zero-order valence-electron chi connectivity index (χ0n) is 14.0. The smallest absolute Gasteiger partial charge is 0.192 e. The number of Topliss-reactive ketones (excluding diaryl/α,β-unsaturated/α-hetero) is 2. The van der Waals surface area contributed by atoms with Crippen molar-refractivity contribution in [2.24, 2.45) is 17.3 Å². The normalized spacial score (nSPS) is 39.8. The van der Waals surface area contributed by atoms with Gasteiger partial charge < -0.3 is 4.43 Å². The van der Waals surface area contributed by atoms with E-state index in [4.69, 9.17) is 4.43 Å². The lowest BCUT2D eigenvalue weighted by Gasteiger charge is -2.45. The zero-order chi connectivity index (χ0) is 15.6. The van der Waals surface area contributed by atoms with Gasteiger partial charge in [-0.05, 0) is 42.3 Å². The van der Waals surface area contributed by atoms with Crippen molar-refractivity contribution in [3.63, 3.8) is 0 Å². The van der Waals surface area contributed by atoms with Gasteiger partial charge in [-0.25, -0.2) is 0 Å². The molecule has 3 aliphatic rings. The first kappa shape index (κ1) is 15.4. The summed E-state index contributed by atoms with van der Waals surface area (Å²) in [6.07, 6.45) is 3.92. The van der Waals surface area contributed by atoms with Crippen molar-refractivity contribution in [2.45, 2.75) is 77.1 Å². The molecule has 0 heterocycles. The summed E-state index contributed by atoms with van der Waals surface area (Å²) in [6, 6.07) is 0. The van der Waals surface area contributed by atoms with Gasteiger partial charge in [-0.15, -0.1) is 0 Å². The van der Waals surface area contributed by atoms with Crippen LogP contribution in [0.1, 0.15) is 52.9 Å². The predicted octanol–water partition coefficient (Wildman–Crippen LogP) is 3.73. The van der Waals surface area contributed by atoms with Gasteiger partial charge in [-0.3, -0.25) is 9.59 Å². The molecule has 0 aliphatic heterocycles. The standard InChI is InChI=1S/C17H28O3Si/c1-16(2,3)21(4,5)20-14-6-7-17-9-11(18)8-12(17)15(14)13(19)10-17/h12,14-15H,6-10H2,1-5H3/t12-,14-,15?,17+/m0/s1. The second-order valence-electron chi connectivity index (χ2n) is 9.01. The summed E-state index contributed by atoms with van der Waals surface area (Å²) < 4.78 is 6.59. The van der Waals surface area contributed by atoms with E-state index in [-0.39, 0.29) is 28.4 Å². The van der Waals surface area contributed by atoms with Crippen molar-refractivity contribution in [2.75, 3.05) is 0 Å². The van der Waals surface area contributed by atoms with Crippen LogP contribution < -0.4 is 0 Å². The fourth-order valence-electron chi connectivity index (χ4n) is 4.57. The summed E-state index contributed by atoms with van der Waals surface area (Å²) in [5.74, 6) is 1.01. The molecular formula is C17H28O3Si. The molecule has 21 heavy (non-hydrogen) atoms. The van der Waals surface area contributed by atoms with E-state index >= 15 is 0 Å². The molecule has 3 rings (SSSR count). The average molecular weight is 308 g/mol. The maximum Gasteiger partial charge on any atom is 0.192 e. The van der Waals surface area contributed by atoms with E-state index < -0.39 is 8.32 Å². The van der Waals surface area contributed by atoms with E-state index in [2.05, 4.69) is 33.9 Å². The number of hydrogen-bond donors (Lipinski definition) is 0. The molecule has 118 valence electrons. The number of carbonyl (C=O) groups excluding carboxylic acids is 2. The lowest BCUT2D eigenvalue weighted by atomic mass is 9.68. The van der Waals surface area contributed by atoms with Gasteiger partial charge in [0, 0.05) is 25.2 Å². The monoisotopic (exact) mass is 308 g/mol. The van der Waals surface area contributed by atoms with Crippen LogP contribution >= 0.6 is 0 Å². The Bertz CT molecular complexity index is 491. The Morgan fingerprint density at radius 3 is 2.48 bits per heavy atom. The molecule has 0 spiro atoms. The Labute approximate surface area is 129 Å². The molecule has 3 saturated carbocycles. The third kappa shape index (κ3) is 2.26. The summed E-state index contributed by atoms with van der Waals surface area (Å²) in [6.45, 7) is 11.2. The van der Waals surface area contributed by atoms with E-state index in [0.29, 0.717) is 30.8 Å². The molecule has 3 aliphatic carbocycles. The lowest BCUT2D eigenvalue weighted by Crippen LogP contribution is -2.49. The Hall–Kier alpha value is -0.483. The van der Waals surface area contributed by atoms with Gasteiger partial charge in [0.2, 0.25) is 0 Å². The van der Waals surface area contributed by atoms with Crippen molar-refractivity contribution in [3.8, 4) is 0 Å². The molecule has 0 radical (unpaired) electrons. The summed E-state index contributed by atoms with van der Waals surface area (Å²) in [4.78, 5) is 24.4. The molecule has 2 bridgehead atoms. The second-order valence-corrected chi connectivity index (χ2v) is 13.8. The molecule has 0 aromatic heterocycles. The predicted molar refractivity (Wildman–Crippen MR) is 84.6 cm³/mol. The Kier molecular flexibility index (Phi) is 3.31. The zero-order valence-corrected chi connectivity index (χ0v) is 15.0. The van der Waals surface area contributed by atoms with Crippen molar-refractivity contribution < 1.29 is 14.0 Å². The SMILES string of the molecule is CC(C)(C)[Si](C)(C)O[C@H]1CC[C@]23CC(=O)C[C@H]2C1C(=O)C3. The molecule has 0 N–H and O–H groups in total. The van der Waals surface area contributed by atoms with Crippen LogP contribution in [0.25, 0.3) is 0 Å². The first-order valence-electron chi connectivity index (χ1n) is 8.28. The number of rotatable bonds is 2. The highest BCUT2D eigenvalue weighted by Crippen LogP contribution is 2.62. The molecule has 0 aromatic carbocycles. The molecule has 4 atom stereocenters. The summed E-state index contributed by atoms with van der Waals surface area (Å²) in [7, 11) is -1.86. The minimum absolute atomic E-state index is 0.000625. The number of carbonyl (C=O) groups is 2. The largest absolute Gasteiger partial charge is 0.413 e. The van der Waals surface area contributed by atoms with Gasteiger partial charge >= 0.3 is 0 Å². The van der Waals surface area contributed by atoms with Gasteiger partial charge in [0.15, 0.2) is 8.32 Å². The fourth-order valence-corrected chi connectivity index (χ4v) is 5.95. The van der Waals surface area contributed by atoms with E-state index in [1.165, 1.54) is 0 Å². The molecule has 4 heteroatoms. The van der Waals surface area contributed by atoms with Gasteiger partial charge in [0.1, 0.15) is 11.6 Å². The molecule has 0 amide bonds. The van der Waals surface area contributed by atoms with Gasteiger partial charge in [-0.2, -0.15) is 0 Å². The maximum absolute atomic E-state index is 12.5. The van der Waals surface area contributed by atoms with Crippen LogP contribution in [0.15, 0.2) is 0 Å². The van der Waals surface area contributed by atoms with Gasteiger partial charge in [0.05, 0.1) is 6.10 Å². The lowest BCUT2D eigenvalue weighted by molar-refractivity contribution is -0.125. The van der Waals surface area contributed by atoms with Crippen molar-refractivity contribution >= 4 is 19.9 Å². The highest BCUT2D eigenvalue weighted by atomic mass is 28.4. The van der Waals surface area contributed by atoms with Gasteiger partial charge in [-0.1, -0.05) is 20.8 Å². The summed E-state index contributed by atoms with van der Waals surface area (Å²) in [5.41, 5.74) is 0.0200. The third-order valence-electron chi connectivity index (χ3n) is 6.69. The Morgan fingerprint density at radius 2 is 1.86 bits per heavy atom. The quantitative estimate of drug-likeness (QED) is 0.730. The molecular weight excluding hydrogens is 280 g/mol. The number of ketones is 2.